The van der Waals surface area contributed by atoms with E-state index in [2.05, 4.69) is 5.32 Å². The van der Waals surface area contributed by atoms with Gasteiger partial charge >= 0.3 is 5.51 Å². The van der Waals surface area contributed by atoms with Gasteiger partial charge in [0.1, 0.15) is 0 Å². The van der Waals surface area contributed by atoms with Crippen molar-refractivity contribution < 1.29 is 17.9 Å². The highest BCUT2D eigenvalue weighted by atomic mass is 35.5. The highest BCUT2D eigenvalue weighted by molar-refractivity contribution is 8.00. The van der Waals surface area contributed by atoms with Gasteiger partial charge in [0.05, 0.1) is 19.3 Å². The number of nitrogens with one attached hydrogen (secondary N) is 1. The molecule has 0 aliphatic carbocycles. The van der Waals surface area contributed by atoms with E-state index < -0.39 is 5.51 Å². The first kappa shape index (κ1) is 15.6. The maximum absolute atomic E-state index is 12.1. The van der Waals surface area contributed by atoms with Gasteiger partial charge in [-0.3, -0.25) is 0 Å². The van der Waals surface area contributed by atoms with Crippen molar-refractivity contribution in [3.05, 3.63) is 29.8 Å². The van der Waals surface area contributed by atoms with Gasteiger partial charge in [0, 0.05) is 11.4 Å². The molecule has 1 aliphatic heterocycles. The molecular formula is C11H13ClF3NOS. The Kier molecular flexibility index (Phi) is 5.78. The summed E-state index contributed by atoms with van der Waals surface area (Å²) in [4.78, 5) is 0.206. The number of halogens is 4. The third-order valence-corrected chi connectivity index (χ3v) is 3.18. The van der Waals surface area contributed by atoms with Crippen LogP contribution in [-0.2, 0) is 4.74 Å². The van der Waals surface area contributed by atoms with Gasteiger partial charge in [0.25, 0.3) is 0 Å². The Balaban J connectivity index is 0.00000162. The molecule has 0 spiro atoms. The molecule has 18 heavy (non-hydrogen) atoms. The zero-order valence-corrected chi connectivity index (χ0v) is 11.0. The van der Waals surface area contributed by atoms with E-state index in [1.165, 1.54) is 12.1 Å². The Morgan fingerprint density at radius 3 is 2.39 bits per heavy atom. The standard InChI is InChI=1S/C11H12F3NOS.ClH/c12-11(13,14)17-9-3-1-8(2-4-9)10-7-16-6-5-15-10;/h1-4,10,15H,5-7H2;1H/t10-;/m1./s1. The van der Waals surface area contributed by atoms with Crippen molar-refractivity contribution in [2.75, 3.05) is 19.8 Å². The van der Waals surface area contributed by atoms with Crippen molar-refractivity contribution in [2.45, 2.75) is 16.4 Å². The van der Waals surface area contributed by atoms with Crippen molar-refractivity contribution in [2.24, 2.45) is 0 Å². The summed E-state index contributed by atoms with van der Waals surface area (Å²) in [5, 5.41) is 3.25. The maximum Gasteiger partial charge on any atom is 0.446 e. The zero-order valence-electron chi connectivity index (χ0n) is 9.37. The number of benzene rings is 1. The van der Waals surface area contributed by atoms with Gasteiger partial charge in [0.15, 0.2) is 0 Å². The lowest BCUT2D eigenvalue weighted by molar-refractivity contribution is -0.0328. The third kappa shape index (κ3) is 4.68. The number of ether oxygens (including phenoxy) is 1. The molecule has 1 N–H and O–H groups in total. The van der Waals surface area contributed by atoms with E-state index in [9.17, 15) is 13.2 Å². The van der Waals surface area contributed by atoms with Crippen molar-refractivity contribution >= 4 is 24.2 Å². The molecule has 0 bridgehead atoms. The Labute approximate surface area is 114 Å². The van der Waals surface area contributed by atoms with Gasteiger partial charge in [-0.05, 0) is 29.5 Å². The smallest absolute Gasteiger partial charge is 0.378 e. The molecule has 0 aromatic heterocycles. The molecular weight excluding hydrogens is 287 g/mol. The summed E-state index contributed by atoms with van der Waals surface area (Å²) in [5.74, 6) is 0. The lowest BCUT2D eigenvalue weighted by Crippen LogP contribution is -2.34. The van der Waals surface area contributed by atoms with Crippen molar-refractivity contribution in [3.8, 4) is 0 Å². The molecule has 1 atom stereocenters. The van der Waals surface area contributed by atoms with E-state index in [1.54, 1.807) is 12.1 Å². The van der Waals surface area contributed by atoms with Crippen LogP contribution >= 0.6 is 24.2 Å². The molecule has 0 saturated carbocycles. The molecule has 0 unspecified atom stereocenters. The summed E-state index contributed by atoms with van der Waals surface area (Å²) in [6.07, 6.45) is 0. The number of rotatable bonds is 2. The summed E-state index contributed by atoms with van der Waals surface area (Å²) >= 11 is -0.0956. The van der Waals surface area contributed by atoms with Gasteiger partial charge in [0.2, 0.25) is 0 Å². The number of hydrogen-bond acceptors (Lipinski definition) is 3. The van der Waals surface area contributed by atoms with E-state index in [0.717, 1.165) is 12.1 Å². The molecule has 2 nitrogen and oxygen atoms in total. The molecule has 1 heterocycles. The van der Waals surface area contributed by atoms with Crippen LogP contribution in [0.1, 0.15) is 11.6 Å². The van der Waals surface area contributed by atoms with Gasteiger partial charge in [-0.2, -0.15) is 13.2 Å². The van der Waals surface area contributed by atoms with E-state index in [4.69, 9.17) is 4.74 Å². The summed E-state index contributed by atoms with van der Waals surface area (Å²) < 4.78 is 41.7. The average molecular weight is 300 g/mol. The Bertz CT molecular complexity index is 366. The molecule has 1 aromatic carbocycles. The molecule has 1 aromatic rings. The largest absolute Gasteiger partial charge is 0.446 e. The van der Waals surface area contributed by atoms with E-state index in [0.29, 0.717) is 13.2 Å². The van der Waals surface area contributed by atoms with Crippen molar-refractivity contribution in [3.63, 3.8) is 0 Å². The number of alkyl halides is 3. The highest BCUT2D eigenvalue weighted by Gasteiger charge is 2.29. The van der Waals surface area contributed by atoms with E-state index >= 15 is 0 Å². The molecule has 2 rings (SSSR count). The van der Waals surface area contributed by atoms with Crippen LogP contribution in [0.2, 0.25) is 0 Å². The zero-order chi connectivity index (χ0) is 12.3. The fourth-order valence-electron chi connectivity index (χ4n) is 1.68. The first-order valence-corrected chi connectivity index (χ1v) is 6.03. The van der Waals surface area contributed by atoms with Crippen LogP contribution in [0.4, 0.5) is 13.2 Å². The van der Waals surface area contributed by atoms with Crippen LogP contribution in [-0.4, -0.2) is 25.3 Å². The van der Waals surface area contributed by atoms with Crippen LogP contribution < -0.4 is 5.32 Å². The lowest BCUT2D eigenvalue weighted by Gasteiger charge is -2.24. The number of morpholine rings is 1. The van der Waals surface area contributed by atoms with Gasteiger partial charge in [-0.1, -0.05) is 12.1 Å². The summed E-state index contributed by atoms with van der Waals surface area (Å²) in [6, 6.07) is 6.47. The van der Waals surface area contributed by atoms with E-state index in [1.807, 2.05) is 0 Å². The second-order valence-corrected chi connectivity index (χ2v) is 4.84. The minimum absolute atomic E-state index is 0. The number of thioether (sulfide) groups is 1. The predicted molar refractivity (Wildman–Crippen MR) is 67.2 cm³/mol. The van der Waals surface area contributed by atoms with Crippen LogP contribution in [0, 0.1) is 0 Å². The quantitative estimate of drug-likeness (QED) is 0.846. The first-order valence-electron chi connectivity index (χ1n) is 5.21. The van der Waals surface area contributed by atoms with Crippen LogP contribution in [0.3, 0.4) is 0 Å². The molecule has 102 valence electrons. The summed E-state index contributed by atoms with van der Waals surface area (Å²) in [7, 11) is 0. The predicted octanol–water partition coefficient (Wildman–Crippen LogP) is 3.38. The van der Waals surface area contributed by atoms with Crippen LogP contribution in [0.5, 0.6) is 0 Å². The third-order valence-electron chi connectivity index (χ3n) is 2.44. The van der Waals surface area contributed by atoms with Gasteiger partial charge in [-0.15, -0.1) is 12.4 Å². The van der Waals surface area contributed by atoms with Gasteiger partial charge in [-0.25, -0.2) is 0 Å². The Hall–Kier alpha value is -0.430. The fraction of sp³-hybridized carbons (Fsp3) is 0.455. The monoisotopic (exact) mass is 299 g/mol. The minimum atomic E-state index is -4.23. The molecule has 1 saturated heterocycles. The maximum atomic E-state index is 12.1. The van der Waals surface area contributed by atoms with Crippen molar-refractivity contribution in [1.82, 2.24) is 5.32 Å². The second kappa shape index (κ2) is 6.65. The van der Waals surface area contributed by atoms with Crippen LogP contribution in [0.25, 0.3) is 0 Å². The number of hydrogen-bond donors (Lipinski definition) is 1. The molecule has 0 amide bonds. The van der Waals surface area contributed by atoms with Crippen molar-refractivity contribution in [1.29, 1.82) is 0 Å². The first-order chi connectivity index (χ1) is 8.04. The summed E-state index contributed by atoms with van der Waals surface area (Å²) in [5.41, 5.74) is -3.27. The van der Waals surface area contributed by atoms with Gasteiger partial charge < -0.3 is 10.1 Å². The topological polar surface area (TPSA) is 21.3 Å². The molecule has 0 radical (unpaired) electrons. The molecule has 1 fully saturated rings. The normalized spacial score (nSPS) is 20.3. The highest BCUT2D eigenvalue weighted by Crippen LogP contribution is 2.37. The SMILES string of the molecule is Cl.FC(F)(F)Sc1ccc([C@H]2COCCN2)cc1. The summed E-state index contributed by atoms with van der Waals surface area (Å²) in [6.45, 7) is 2.01. The van der Waals surface area contributed by atoms with E-state index in [-0.39, 0.29) is 35.1 Å². The Morgan fingerprint density at radius 1 is 1.22 bits per heavy atom. The fourth-order valence-corrected chi connectivity index (χ4v) is 2.22. The molecule has 1 aliphatic rings. The lowest BCUT2D eigenvalue weighted by atomic mass is 10.1. The second-order valence-electron chi connectivity index (χ2n) is 3.70. The average Bonchev–Trinajstić information content (AvgIpc) is 2.29. The Morgan fingerprint density at radius 2 is 1.89 bits per heavy atom. The molecule has 7 heteroatoms. The van der Waals surface area contributed by atoms with Crippen LogP contribution in [0.15, 0.2) is 29.2 Å². The minimum Gasteiger partial charge on any atom is -0.378 e.